The van der Waals surface area contributed by atoms with Crippen molar-refractivity contribution in [3.8, 4) is 0 Å². The van der Waals surface area contributed by atoms with E-state index in [1.165, 1.54) is 12.1 Å². The normalized spacial score (nSPS) is 11.2. The number of Topliss-reactive ketones (excluding diaryl/α,β-unsaturated/α-hetero) is 2. The fourth-order valence-electron chi connectivity index (χ4n) is 2.25. The van der Waals surface area contributed by atoms with E-state index in [-0.39, 0.29) is 28.2 Å². The summed E-state index contributed by atoms with van der Waals surface area (Å²) in [4.78, 5) is 33.7. The van der Waals surface area contributed by atoms with Crippen LogP contribution in [0, 0.1) is 20.9 Å². The van der Waals surface area contributed by atoms with E-state index >= 15 is 0 Å². The quantitative estimate of drug-likeness (QED) is 0.393. The summed E-state index contributed by atoms with van der Waals surface area (Å²) >= 11 is 0. The van der Waals surface area contributed by atoms with Crippen LogP contribution >= 0.6 is 0 Å². The number of rotatable bonds is 3. The highest BCUT2D eigenvalue weighted by Crippen LogP contribution is 2.26. The molecule has 5 heteroatoms. The van der Waals surface area contributed by atoms with E-state index in [0.29, 0.717) is 0 Å². The molecule has 0 aromatic heterocycles. The van der Waals surface area contributed by atoms with Gasteiger partial charge in [-0.15, -0.1) is 0 Å². The van der Waals surface area contributed by atoms with E-state index in [4.69, 9.17) is 0 Å². The van der Waals surface area contributed by atoms with E-state index < -0.39 is 10.3 Å². The smallest absolute Gasteiger partial charge is 0.280 e. The molecule has 0 bridgehead atoms. The van der Waals surface area contributed by atoms with Crippen molar-refractivity contribution in [3.63, 3.8) is 0 Å². The summed E-state index contributed by atoms with van der Waals surface area (Å²) < 4.78 is 0. The minimum absolute atomic E-state index is 0.127. The Morgan fingerprint density at radius 3 is 1.63 bits per heavy atom. The van der Waals surface area contributed by atoms with Crippen LogP contribution in [0.3, 0.4) is 0 Å². The number of para-hydroxylation sites is 1. The van der Waals surface area contributed by atoms with Crippen molar-refractivity contribution in [2.45, 2.75) is 41.5 Å². The summed E-state index contributed by atoms with van der Waals surface area (Å²) in [6.45, 7) is 11.0. The summed E-state index contributed by atoms with van der Waals surface area (Å²) in [5.74, 6) is -0.0158. The third-order valence-electron chi connectivity index (χ3n) is 3.74. The van der Waals surface area contributed by atoms with Gasteiger partial charge in [-0.05, 0) is 6.07 Å². The topological polar surface area (TPSA) is 77.3 Å². The number of nitro benzene ring substituents is 1. The number of carbonyl (C=O) groups excluding carboxylic acids is 2. The Labute approximate surface area is 160 Å². The van der Waals surface area contributed by atoms with Gasteiger partial charge in [-0.3, -0.25) is 19.7 Å². The first-order chi connectivity index (χ1) is 12.4. The molecule has 2 aromatic rings. The van der Waals surface area contributed by atoms with Crippen molar-refractivity contribution in [2.24, 2.45) is 10.8 Å². The standard InChI is InChI=1S/C11H13NO3.C11H14O/c1-11(2,3)10(13)8-6-4-5-7-9(8)12(14)15;1-11(2,3)10(12)9-7-5-4-6-8-9/h4-7H,1-3H3;4-8H,1-3H3. The number of carbonyl (C=O) groups is 2. The van der Waals surface area contributed by atoms with Crippen LogP contribution in [-0.2, 0) is 0 Å². The van der Waals surface area contributed by atoms with Gasteiger partial charge in [0.15, 0.2) is 11.6 Å². The van der Waals surface area contributed by atoms with Crippen molar-refractivity contribution in [1.29, 1.82) is 0 Å². The molecule has 5 nitrogen and oxygen atoms in total. The molecule has 0 radical (unpaired) electrons. The molecule has 2 aromatic carbocycles. The molecule has 0 fully saturated rings. The van der Waals surface area contributed by atoms with E-state index in [9.17, 15) is 19.7 Å². The average Bonchev–Trinajstić information content (AvgIpc) is 2.60. The van der Waals surface area contributed by atoms with Crippen LogP contribution < -0.4 is 0 Å². The molecule has 0 aliphatic carbocycles. The lowest BCUT2D eigenvalue weighted by molar-refractivity contribution is -0.385. The Kier molecular flexibility index (Phi) is 7.17. The van der Waals surface area contributed by atoms with Gasteiger partial charge < -0.3 is 0 Å². The third-order valence-corrected chi connectivity index (χ3v) is 3.74. The zero-order valence-corrected chi connectivity index (χ0v) is 16.8. The molecule has 0 saturated carbocycles. The Morgan fingerprint density at radius 1 is 0.741 bits per heavy atom. The molecule has 0 spiro atoms. The largest absolute Gasteiger partial charge is 0.294 e. The maximum absolute atomic E-state index is 11.9. The first-order valence-corrected chi connectivity index (χ1v) is 8.74. The Balaban J connectivity index is 0.000000277. The van der Waals surface area contributed by atoms with Crippen molar-refractivity contribution < 1.29 is 14.5 Å². The average molecular weight is 369 g/mol. The fourth-order valence-corrected chi connectivity index (χ4v) is 2.25. The van der Waals surface area contributed by atoms with E-state index in [1.807, 2.05) is 51.1 Å². The van der Waals surface area contributed by atoms with Gasteiger partial charge in [-0.2, -0.15) is 0 Å². The van der Waals surface area contributed by atoms with Crippen LogP contribution in [0.5, 0.6) is 0 Å². The van der Waals surface area contributed by atoms with Crippen molar-refractivity contribution in [2.75, 3.05) is 0 Å². The zero-order valence-electron chi connectivity index (χ0n) is 16.8. The van der Waals surface area contributed by atoms with Crippen molar-refractivity contribution in [3.05, 3.63) is 75.8 Å². The molecule has 2 rings (SSSR count). The first-order valence-electron chi connectivity index (χ1n) is 8.74. The van der Waals surface area contributed by atoms with Gasteiger partial charge in [0.25, 0.3) is 5.69 Å². The maximum atomic E-state index is 11.9. The second kappa shape index (κ2) is 8.71. The van der Waals surface area contributed by atoms with Crippen LogP contribution in [0.2, 0.25) is 0 Å². The maximum Gasteiger partial charge on any atom is 0.280 e. The number of benzene rings is 2. The predicted octanol–water partition coefficient (Wildman–Crippen LogP) is 5.74. The lowest BCUT2D eigenvalue weighted by Gasteiger charge is -2.16. The monoisotopic (exact) mass is 369 g/mol. The first kappa shape index (κ1) is 22.2. The van der Waals surface area contributed by atoms with Gasteiger partial charge in [0.05, 0.1) is 10.5 Å². The lowest BCUT2D eigenvalue weighted by atomic mass is 9.86. The summed E-state index contributed by atoms with van der Waals surface area (Å²) in [5, 5.41) is 10.7. The third kappa shape index (κ3) is 6.44. The van der Waals surface area contributed by atoms with Crippen LogP contribution in [0.25, 0.3) is 0 Å². The van der Waals surface area contributed by atoms with Crippen LogP contribution in [-0.4, -0.2) is 16.5 Å². The van der Waals surface area contributed by atoms with Gasteiger partial charge in [0, 0.05) is 22.5 Å². The molecule has 0 unspecified atom stereocenters. The molecule has 0 saturated heterocycles. The Hall–Kier alpha value is -2.82. The minimum Gasteiger partial charge on any atom is -0.294 e. The second-order valence-corrected chi connectivity index (χ2v) is 8.30. The lowest BCUT2D eigenvalue weighted by Crippen LogP contribution is -2.21. The van der Waals surface area contributed by atoms with Gasteiger partial charge in [0.2, 0.25) is 0 Å². The molecule has 0 atom stereocenters. The summed E-state index contributed by atoms with van der Waals surface area (Å²) in [7, 11) is 0. The number of ketones is 2. The van der Waals surface area contributed by atoms with Crippen LogP contribution in [0.4, 0.5) is 5.69 Å². The van der Waals surface area contributed by atoms with Crippen molar-refractivity contribution >= 4 is 17.3 Å². The van der Waals surface area contributed by atoms with E-state index in [1.54, 1.807) is 32.9 Å². The van der Waals surface area contributed by atoms with Crippen LogP contribution in [0.1, 0.15) is 62.3 Å². The SMILES string of the molecule is CC(C)(C)C(=O)c1ccccc1.CC(C)(C)C(=O)c1ccccc1[N+](=O)[O-]. The highest BCUT2D eigenvalue weighted by molar-refractivity contribution is 6.03. The highest BCUT2D eigenvalue weighted by Gasteiger charge is 2.28. The molecule has 0 aliphatic heterocycles. The van der Waals surface area contributed by atoms with Gasteiger partial charge in [-0.25, -0.2) is 0 Å². The fraction of sp³-hybridized carbons (Fsp3) is 0.364. The number of hydrogen-bond donors (Lipinski definition) is 0. The van der Waals surface area contributed by atoms with E-state index in [2.05, 4.69) is 0 Å². The molecule has 144 valence electrons. The van der Waals surface area contributed by atoms with Gasteiger partial charge >= 0.3 is 0 Å². The molecule has 0 amide bonds. The molecule has 0 N–H and O–H groups in total. The van der Waals surface area contributed by atoms with Gasteiger partial charge in [0.1, 0.15) is 0 Å². The molecular weight excluding hydrogens is 342 g/mol. The summed E-state index contributed by atoms with van der Waals surface area (Å²) in [6, 6.07) is 15.4. The predicted molar refractivity (Wildman–Crippen MR) is 107 cm³/mol. The Morgan fingerprint density at radius 2 is 1.19 bits per heavy atom. The number of hydrogen-bond acceptors (Lipinski definition) is 4. The van der Waals surface area contributed by atoms with Crippen molar-refractivity contribution in [1.82, 2.24) is 0 Å². The summed E-state index contributed by atoms with van der Waals surface area (Å²) in [6.07, 6.45) is 0. The molecule has 0 heterocycles. The van der Waals surface area contributed by atoms with Gasteiger partial charge in [-0.1, -0.05) is 84.0 Å². The highest BCUT2D eigenvalue weighted by atomic mass is 16.6. The number of nitrogens with zero attached hydrogens (tertiary/aromatic N) is 1. The number of nitro groups is 1. The zero-order chi connectivity index (χ0) is 20.8. The molecule has 0 aliphatic rings. The minimum atomic E-state index is -0.605. The molecular formula is C22H27NO4. The second-order valence-electron chi connectivity index (χ2n) is 8.30. The van der Waals surface area contributed by atoms with E-state index in [0.717, 1.165) is 5.56 Å². The Bertz CT molecular complexity index is 812. The summed E-state index contributed by atoms with van der Waals surface area (Å²) in [5.41, 5.74) is -0.0366. The van der Waals surface area contributed by atoms with Crippen LogP contribution in [0.15, 0.2) is 54.6 Å². The molecule has 27 heavy (non-hydrogen) atoms.